The van der Waals surface area contributed by atoms with Crippen LogP contribution in [0, 0.1) is 12.8 Å². The molecule has 0 aliphatic heterocycles. The van der Waals surface area contributed by atoms with Crippen LogP contribution in [-0.2, 0) is 4.79 Å². The number of amides is 1. The van der Waals surface area contributed by atoms with Crippen LogP contribution in [0.1, 0.15) is 37.9 Å². The lowest BCUT2D eigenvalue weighted by Crippen LogP contribution is -2.45. The van der Waals surface area contributed by atoms with Crippen LogP contribution in [0.2, 0.25) is 0 Å². The van der Waals surface area contributed by atoms with Gasteiger partial charge in [0.05, 0.1) is 12.1 Å². The quantitative estimate of drug-likeness (QED) is 0.890. The van der Waals surface area contributed by atoms with Gasteiger partial charge in [0.2, 0.25) is 5.91 Å². The van der Waals surface area contributed by atoms with Crippen LogP contribution in [0.25, 0.3) is 0 Å². The first kappa shape index (κ1) is 14.7. The van der Waals surface area contributed by atoms with Gasteiger partial charge >= 0.3 is 0 Å². The van der Waals surface area contributed by atoms with Crippen molar-refractivity contribution in [2.75, 3.05) is 7.05 Å². The van der Waals surface area contributed by atoms with Crippen molar-refractivity contribution in [3.05, 3.63) is 35.4 Å². The number of carbonyl (C=O) groups is 1. The number of hydrogen-bond acceptors (Lipinski definition) is 2. The Morgan fingerprint density at radius 2 is 1.67 bits per heavy atom. The average Bonchev–Trinajstić information content (AvgIpc) is 2.36. The van der Waals surface area contributed by atoms with Crippen LogP contribution in [0.4, 0.5) is 0 Å². The van der Waals surface area contributed by atoms with Crippen LogP contribution >= 0.6 is 0 Å². The lowest BCUT2D eigenvalue weighted by Gasteiger charge is -2.29. The molecule has 0 saturated heterocycles. The van der Waals surface area contributed by atoms with Crippen LogP contribution in [0.3, 0.4) is 0 Å². The predicted molar refractivity (Wildman–Crippen MR) is 75.2 cm³/mol. The SMILES string of the molecule is Cc1ccc(C(C)N(C)C(=O)[C@@H](N)C(C)C)cc1. The Bertz CT molecular complexity index is 397. The highest BCUT2D eigenvalue weighted by atomic mass is 16.2. The molecule has 0 bridgehead atoms. The van der Waals surface area contributed by atoms with E-state index in [1.54, 1.807) is 4.90 Å². The van der Waals surface area contributed by atoms with Gasteiger partial charge in [-0.3, -0.25) is 4.79 Å². The monoisotopic (exact) mass is 248 g/mol. The molecular formula is C15H24N2O. The van der Waals surface area contributed by atoms with E-state index in [0.717, 1.165) is 5.56 Å². The van der Waals surface area contributed by atoms with E-state index in [9.17, 15) is 4.79 Å². The van der Waals surface area contributed by atoms with Gasteiger partial charge < -0.3 is 10.6 Å². The first-order valence-corrected chi connectivity index (χ1v) is 6.43. The normalized spacial score (nSPS) is 14.4. The van der Waals surface area contributed by atoms with Crippen molar-refractivity contribution in [3.8, 4) is 0 Å². The maximum atomic E-state index is 12.2. The molecule has 1 rings (SSSR count). The van der Waals surface area contributed by atoms with E-state index in [1.807, 2.05) is 27.8 Å². The summed E-state index contributed by atoms with van der Waals surface area (Å²) in [5, 5.41) is 0. The molecule has 18 heavy (non-hydrogen) atoms. The van der Waals surface area contributed by atoms with E-state index in [-0.39, 0.29) is 17.9 Å². The minimum atomic E-state index is -0.428. The third-order valence-electron chi connectivity index (χ3n) is 3.49. The Balaban J connectivity index is 2.80. The van der Waals surface area contributed by atoms with Gasteiger partial charge in [0, 0.05) is 7.05 Å². The fraction of sp³-hybridized carbons (Fsp3) is 0.533. The van der Waals surface area contributed by atoms with Gasteiger partial charge in [-0.15, -0.1) is 0 Å². The zero-order valence-electron chi connectivity index (χ0n) is 12.0. The second kappa shape index (κ2) is 6.01. The number of carbonyl (C=O) groups excluding carboxylic acids is 1. The summed E-state index contributed by atoms with van der Waals surface area (Å²) < 4.78 is 0. The van der Waals surface area contributed by atoms with Crippen molar-refractivity contribution in [1.29, 1.82) is 0 Å². The average molecular weight is 248 g/mol. The summed E-state index contributed by atoms with van der Waals surface area (Å²) in [5.74, 6) is 0.156. The number of likely N-dealkylation sites (N-methyl/N-ethyl adjacent to an activating group) is 1. The molecule has 1 amide bonds. The maximum absolute atomic E-state index is 12.2. The highest BCUT2D eigenvalue weighted by Crippen LogP contribution is 2.20. The van der Waals surface area contributed by atoms with Gasteiger partial charge in [-0.25, -0.2) is 0 Å². The molecule has 0 aliphatic rings. The van der Waals surface area contributed by atoms with E-state index in [1.165, 1.54) is 5.56 Å². The van der Waals surface area contributed by atoms with Crippen molar-refractivity contribution >= 4 is 5.91 Å². The number of benzene rings is 1. The number of nitrogens with zero attached hydrogens (tertiary/aromatic N) is 1. The number of rotatable bonds is 4. The Morgan fingerprint density at radius 3 is 2.11 bits per heavy atom. The van der Waals surface area contributed by atoms with Gasteiger partial charge in [0.25, 0.3) is 0 Å². The summed E-state index contributed by atoms with van der Waals surface area (Å²) in [5.41, 5.74) is 8.26. The number of hydrogen-bond donors (Lipinski definition) is 1. The second-order valence-corrected chi connectivity index (χ2v) is 5.31. The van der Waals surface area contributed by atoms with E-state index < -0.39 is 6.04 Å². The fourth-order valence-corrected chi connectivity index (χ4v) is 1.78. The van der Waals surface area contributed by atoms with Crippen LogP contribution in [-0.4, -0.2) is 23.9 Å². The first-order chi connectivity index (χ1) is 8.34. The standard InChI is InChI=1S/C15H24N2O/c1-10(2)14(16)15(18)17(5)12(4)13-8-6-11(3)7-9-13/h6-10,12,14H,16H2,1-5H3/t12?,14-/m0/s1. The Morgan fingerprint density at radius 1 is 1.17 bits per heavy atom. The third kappa shape index (κ3) is 3.33. The molecule has 1 aromatic carbocycles. The van der Waals surface area contributed by atoms with E-state index in [0.29, 0.717) is 0 Å². The van der Waals surface area contributed by atoms with E-state index in [2.05, 4.69) is 31.2 Å². The molecule has 100 valence electrons. The molecule has 0 aliphatic carbocycles. The van der Waals surface area contributed by atoms with Gasteiger partial charge in [-0.05, 0) is 25.3 Å². The fourth-order valence-electron chi connectivity index (χ4n) is 1.78. The van der Waals surface area contributed by atoms with Crippen molar-refractivity contribution in [1.82, 2.24) is 4.90 Å². The smallest absolute Gasteiger partial charge is 0.239 e. The molecule has 1 aromatic rings. The molecule has 3 heteroatoms. The third-order valence-corrected chi connectivity index (χ3v) is 3.49. The highest BCUT2D eigenvalue weighted by molar-refractivity contribution is 5.82. The van der Waals surface area contributed by atoms with E-state index in [4.69, 9.17) is 5.73 Å². The zero-order chi connectivity index (χ0) is 13.9. The second-order valence-electron chi connectivity index (χ2n) is 5.31. The molecular weight excluding hydrogens is 224 g/mol. The Labute approximate surface area is 110 Å². The molecule has 1 unspecified atom stereocenters. The molecule has 0 fully saturated rings. The molecule has 0 radical (unpaired) electrons. The topological polar surface area (TPSA) is 46.3 Å². The number of aryl methyl sites for hydroxylation is 1. The first-order valence-electron chi connectivity index (χ1n) is 6.43. The van der Waals surface area contributed by atoms with Crippen LogP contribution in [0.5, 0.6) is 0 Å². The summed E-state index contributed by atoms with van der Waals surface area (Å²) in [6.45, 7) is 8.01. The van der Waals surface area contributed by atoms with Gasteiger partial charge in [0.1, 0.15) is 0 Å². The van der Waals surface area contributed by atoms with Crippen LogP contribution < -0.4 is 5.73 Å². The number of nitrogens with two attached hydrogens (primary N) is 1. The summed E-state index contributed by atoms with van der Waals surface area (Å²) in [6, 6.07) is 7.86. The van der Waals surface area contributed by atoms with Crippen molar-refractivity contribution in [2.24, 2.45) is 11.7 Å². The van der Waals surface area contributed by atoms with Crippen molar-refractivity contribution in [3.63, 3.8) is 0 Å². The van der Waals surface area contributed by atoms with Crippen molar-refractivity contribution in [2.45, 2.75) is 39.8 Å². The zero-order valence-corrected chi connectivity index (χ0v) is 12.0. The lowest BCUT2D eigenvalue weighted by molar-refractivity contribution is -0.134. The molecule has 2 N–H and O–H groups in total. The molecule has 0 saturated carbocycles. The van der Waals surface area contributed by atoms with Crippen LogP contribution in [0.15, 0.2) is 24.3 Å². The summed E-state index contributed by atoms with van der Waals surface area (Å²) >= 11 is 0. The molecule has 2 atom stereocenters. The molecule has 0 heterocycles. The lowest BCUT2D eigenvalue weighted by atomic mass is 10.0. The van der Waals surface area contributed by atoms with Gasteiger partial charge in [0.15, 0.2) is 0 Å². The molecule has 0 spiro atoms. The molecule has 0 aromatic heterocycles. The van der Waals surface area contributed by atoms with Gasteiger partial charge in [-0.2, -0.15) is 0 Å². The Kier molecular flexibility index (Phi) is 4.91. The maximum Gasteiger partial charge on any atom is 0.239 e. The highest BCUT2D eigenvalue weighted by Gasteiger charge is 2.24. The Hall–Kier alpha value is -1.35. The van der Waals surface area contributed by atoms with E-state index >= 15 is 0 Å². The summed E-state index contributed by atoms with van der Waals surface area (Å²) in [6.07, 6.45) is 0. The molecule has 3 nitrogen and oxygen atoms in total. The minimum Gasteiger partial charge on any atom is -0.338 e. The van der Waals surface area contributed by atoms with Gasteiger partial charge in [-0.1, -0.05) is 43.7 Å². The predicted octanol–water partition coefficient (Wildman–Crippen LogP) is 2.50. The summed E-state index contributed by atoms with van der Waals surface area (Å²) in [4.78, 5) is 13.9. The minimum absolute atomic E-state index is 0.00178. The summed E-state index contributed by atoms with van der Waals surface area (Å²) in [7, 11) is 1.81. The van der Waals surface area contributed by atoms with Crippen molar-refractivity contribution < 1.29 is 4.79 Å². The largest absolute Gasteiger partial charge is 0.338 e.